The molecule has 0 saturated heterocycles. The molecule has 3 nitrogen and oxygen atoms in total. The monoisotopic (exact) mass is 215 g/mol. The van der Waals surface area contributed by atoms with Gasteiger partial charge in [0.05, 0.1) is 0 Å². The molecule has 16 heavy (non-hydrogen) atoms. The summed E-state index contributed by atoms with van der Waals surface area (Å²) < 4.78 is 11.5. The van der Waals surface area contributed by atoms with E-state index in [1.165, 1.54) is 5.39 Å². The quantitative estimate of drug-likeness (QED) is 0.790. The van der Waals surface area contributed by atoms with Gasteiger partial charge in [-0.3, -0.25) is 5.32 Å². The summed E-state index contributed by atoms with van der Waals surface area (Å²) in [5.41, 5.74) is 0. The Labute approximate surface area is 94.0 Å². The van der Waals surface area contributed by atoms with Crippen LogP contribution >= 0.6 is 0 Å². The molecule has 1 aliphatic heterocycles. The van der Waals surface area contributed by atoms with E-state index in [0.29, 0.717) is 6.61 Å². The van der Waals surface area contributed by atoms with Gasteiger partial charge in [0.2, 0.25) is 0 Å². The van der Waals surface area contributed by atoms with E-state index in [1.54, 1.807) is 0 Å². The molecular weight excluding hydrogens is 202 g/mol. The number of benzene rings is 2. The predicted octanol–water partition coefficient (Wildman–Crippen LogP) is 2.16. The van der Waals surface area contributed by atoms with Crippen molar-refractivity contribution < 1.29 is 9.47 Å². The van der Waals surface area contributed by atoms with Crippen LogP contribution in [0.15, 0.2) is 36.4 Å². The summed E-state index contributed by atoms with van der Waals surface area (Å²) in [4.78, 5) is 0. The minimum Gasteiger partial charge on any atom is -0.484 e. The zero-order valence-corrected chi connectivity index (χ0v) is 9.07. The van der Waals surface area contributed by atoms with Crippen LogP contribution in [0.4, 0.5) is 0 Å². The number of hydrogen-bond donors (Lipinski definition) is 1. The van der Waals surface area contributed by atoms with Crippen LogP contribution in [0.1, 0.15) is 0 Å². The number of nitrogens with one attached hydrogen (secondary N) is 1. The lowest BCUT2D eigenvalue weighted by molar-refractivity contribution is 0.0746. The summed E-state index contributed by atoms with van der Waals surface area (Å²) in [6.07, 6.45) is -0.0710. The molecule has 0 saturated carbocycles. The molecule has 0 aromatic heterocycles. The summed E-state index contributed by atoms with van der Waals surface area (Å²) in [6.45, 7) is 0.543. The zero-order chi connectivity index (χ0) is 11.0. The average Bonchev–Trinajstić information content (AvgIpc) is 2.38. The maximum Gasteiger partial charge on any atom is 0.184 e. The van der Waals surface area contributed by atoms with Crippen molar-refractivity contribution in [2.75, 3.05) is 13.7 Å². The number of likely N-dealkylation sites (N-methyl/N-ethyl adjacent to an activating group) is 1. The smallest absolute Gasteiger partial charge is 0.184 e. The molecule has 0 fully saturated rings. The Bertz CT molecular complexity index is 524. The Morgan fingerprint density at radius 1 is 1.19 bits per heavy atom. The maximum atomic E-state index is 5.86. The summed E-state index contributed by atoms with van der Waals surface area (Å²) in [5.74, 6) is 1.66. The third-order valence-corrected chi connectivity index (χ3v) is 2.82. The van der Waals surface area contributed by atoms with E-state index in [-0.39, 0.29) is 6.23 Å². The minimum atomic E-state index is -0.0710. The van der Waals surface area contributed by atoms with Gasteiger partial charge in [-0.2, -0.15) is 0 Å². The van der Waals surface area contributed by atoms with Crippen molar-refractivity contribution in [3.63, 3.8) is 0 Å². The standard InChI is InChI=1S/C13H13NO2/c1-14-12-8-15-11-7-6-9-4-2-3-5-10(9)13(11)16-12/h2-7,12,14H,8H2,1H3. The van der Waals surface area contributed by atoms with Crippen LogP contribution in [-0.4, -0.2) is 19.9 Å². The fraction of sp³-hybridized carbons (Fsp3) is 0.231. The van der Waals surface area contributed by atoms with Gasteiger partial charge in [-0.1, -0.05) is 30.3 Å². The van der Waals surface area contributed by atoms with Crippen LogP contribution < -0.4 is 14.8 Å². The van der Waals surface area contributed by atoms with E-state index in [2.05, 4.69) is 23.5 Å². The van der Waals surface area contributed by atoms with E-state index >= 15 is 0 Å². The maximum absolute atomic E-state index is 5.86. The molecule has 0 bridgehead atoms. The molecule has 2 aromatic carbocycles. The molecule has 0 aliphatic carbocycles. The van der Waals surface area contributed by atoms with Crippen LogP contribution in [0.5, 0.6) is 11.5 Å². The van der Waals surface area contributed by atoms with Crippen molar-refractivity contribution in [1.29, 1.82) is 0 Å². The normalized spacial score (nSPS) is 18.7. The Morgan fingerprint density at radius 2 is 2.06 bits per heavy atom. The zero-order valence-electron chi connectivity index (χ0n) is 9.07. The lowest BCUT2D eigenvalue weighted by Gasteiger charge is -2.27. The molecule has 1 N–H and O–H groups in total. The van der Waals surface area contributed by atoms with Crippen molar-refractivity contribution >= 4 is 10.8 Å². The van der Waals surface area contributed by atoms with Crippen molar-refractivity contribution in [1.82, 2.24) is 5.32 Å². The summed E-state index contributed by atoms with van der Waals surface area (Å²) >= 11 is 0. The highest BCUT2D eigenvalue weighted by molar-refractivity contribution is 5.90. The molecule has 1 heterocycles. The topological polar surface area (TPSA) is 30.5 Å². The van der Waals surface area contributed by atoms with E-state index < -0.39 is 0 Å². The fourth-order valence-corrected chi connectivity index (χ4v) is 1.94. The fourth-order valence-electron chi connectivity index (χ4n) is 1.94. The molecule has 0 amide bonds. The molecule has 0 spiro atoms. The average molecular weight is 215 g/mol. The number of fused-ring (bicyclic) bond motifs is 3. The second-order valence-electron chi connectivity index (χ2n) is 3.82. The minimum absolute atomic E-state index is 0.0710. The molecule has 82 valence electrons. The first-order valence-corrected chi connectivity index (χ1v) is 5.37. The highest BCUT2D eigenvalue weighted by atomic mass is 16.6. The Morgan fingerprint density at radius 3 is 2.94 bits per heavy atom. The number of hydrogen-bond acceptors (Lipinski definition) is 3. The lowest BCUT2D eigenvalue weighted by Crippen LogP contribution is -2.39. The second-order valence-corrected chi connectivity index (χ2v) is 3.82. The Kier molecular flexibility index (Phi) is 2.18. The highest BCUT2D eigenvalue weighted by Crippen LogP contribution is 2.38. The van der Waals surface area contributed by atoms with Crippen LogP contribution in [0.2, 0.25) is 0 Å². The van der Waals surface area contributed by atoms with Gasteiger partial charge in [-0.25, -0.2) is 0 Å². The van der Waals surface area contributed by atoms with Gasteiger partial charge in [0.25, 0.3) is 0 Å². The van der Waals surface area contributed by atoms with E-state index in [4.69, 9.17) is 9.47 Å². The number of rotatable bonds is 1. The van der Waals surface area contributed by atoms with Crippen molar-refractivity contribution in [3.05, 3.63) is 36.4 Å². The third kappa shape index (κ3) is 1.41. The van der Waals surface area contributed by atoms with Gasteiger partial charge in [0.1, 0.15) is 6.61 Å². The molecule has 3 rings (SSSR count). The van der Waals surface area contributed by atoms with Gasteiger partial charge < -0.3 is 9.47 Å². The first-order valence-electron chi connectivity index (χ1n) is 5.37. The molecule has 0 radical (unpaired) electrons. The van der Waals surface area contributed by atoms with Gasteiger partial charge in [-0.05, 0) is 18.5 Å². The third-order valence-electron chi connectivity index (χ3n) is 2.82. The van der Waals surface area contributed by atoms with E-state index in [1.807, 2.05) is 25.2 Å². The highest BCUT2D eigenvalue weighted by Gasteiger charge is 2.21. The van der Waals surface area contributed by atoms with Crippen molar-refractivity contribution in [3.8, 4) is 11.5 Å². The largest absolute Gasteiger partial charge is 0.484 e. The SMILES string of the molecule is CNC1COc2ccc3ccccc3c2O1. The molecule has 1 atom stereocenters. The first-order chi connectivity index (χ1) is 7.88. The summed E-state index contributed by atoms with van der Waals surface area (Å²) in [7, 11) is 1.87. The van der Waals surface area contributed by atoms with Crippen LogP contribution in [0, 0.1) is 0 Å². The Balaban J connectivity index is 2.17. The Hall–Kier alpha value is -1.74. The molecule has 1 aliphatic rings. The van der Waals surface area contributed by atoms with E-state index in [0.717, 1.165) is 16.9 Å². The second kappa shape index (κ2) is 3.68. The number of ether oxygens (including phenoxy) is 2. The predicted molar refractivity (Wildman–Crippen MR) is 62.9 cm³/mol. The molecular formula is C13H13NO2. The van der Waals surface area contributed by atoms with Crippen molar-refractivity contribution in [2.24, 2.45) is 0 Å². The van der Waals surface area contributed by atoms with Gasteiger partial charge in [0, 0.05) is 5.39 Å². The first kappa shape index (κ1) is 9.48. The van der Waals surface area contributed by atoms with Crippen LogP contribution in [0.25, 0.3) is 10.8 Å². The van der Waals surface area contributed by atoms with Gasteiger partial charge >= 0.3 is 0 Å². The van der Waals surface area contributed by atoms with Crippen LogP contribution in [-0.2, 0) is 0 Å². The summed E-state index contributed by atoms with van der Waals surface area (Å²) in [6, 6.07) is 12.2. The summed E-state index contributed by atoms with van der Waals surface area (Å²) in [5, 5.41) is 5.33. The van der Waals surface area contributed by atoms with Gasteiger partial charge in [-0.15, -0.1) is 0 Å². The van der Waals surface area contributed by atoms with Gasteiger partial charge in [0.15, 0.2) is 17.7 Å². The molecule has 3 heteroatoms. The molecule has 1 unspecified atom stereocenters. The lowest BCUT2D eigenvalue weighted by atomic mass is 10.1. The van der Waals surface area contributed by atoms with Crippen molar-refractivity contribution in [2.45, 2.75) is 6.23 Å². The van der Waals surface area contributed by atoms with Crippen LogP contribution in [0.3, 0.4) is 0 Å². The van der Waals surface area contributed by atoms with E-state index in [9.17, 15) is 0 Å². The molecule has 2 aromatic rings.